The zero-order valence-corrected chi connectivity index (χ0v) is 10.5. The minimum atomic E-state index is -0.455. The molecule has 0 radical (unpaired) electrons. The van der Waals surface area contributed by atoms with Crippen molar-refractivity contribution in [2.75, 3.05) is 7.05 Å². The first-order chi connectivity index (χ1) is 9.11. The number of amides is 2. The predicted molar refractivity (Wildman–Crippen MR) is 73.8 cm³/mol. The molecule has 0 aromatic heterocycles. The fourth-order valence-corrected chi connectivity index (χ4v) is 1.81. The second-order valence-electron chi connectivity index (χ2n) is 4.10. The molecule has 19 heavy (non-hydrogen) atoms. The molecule has 0 fully saturated rings. The van der Waals surface area contributed by atoms with Gasteiger partial charge in [0.05, 0.1) is 0 Å². The first kappa shape index (κ1) is 12.8. The molecule has 0 atom stereocenters. The van der Waals surface area contributed by atoms with Crippen LogP contribution in [0.15, 0.2) is 48.5 Å². The Labute approximate surface area is 111 Å². The fraction of sp³-hybridized carbons (Fsp3) is 0.0667. The average molecular weight is 254 g/mol. The average Bonchev–Trinajstić information content (AvgIpc) is 2.46. The minimum Gasteiger partial charge on any atom is -0.366 e. The van der Waals surface area contributed by atoms with Crippen LogP contribution in [0.2, 0.25) is 0 Å². The van der Waals surface area contributed by atoms with E-state index in [-0.39, 0.29) is 5.91 Å². The molecule has 0 unspecified atom stereocenters. The van der Waals surface area contributed by atoms with Crippen LogP contribution in [0.5, 0.6) is 0 Å². The Morgan fingerprint density at radius 1 is 0.947 bits per heavy atom. The molecule has 0 heterocycles. The maximum Gasteiger partial charge on any atom is 0.251 e. The van der Waals surface area contributed by atoms with E-state index in [4.69, 9.17) is 5.73 Å². The van der Waals surface area contributed by atoms with Gasteiger partial charge in [0, 0.05) is 18.2 Å². The molecule has 0 bridgehead atoms. The van der Waals surface area contributed by atoms with Crippen LogP contribution in [-0.4, -0.2) is 18.9 Å². The first-order valence-electron chi connectivity index (χ1n) is 5.84. The maximum absolute atomic E-state index is 11.4. The van der Waals surface area contributed by atoms with E-state index in [0.29, 0.717) is 11.1 Å². The highest BCUT2D eigenvalue weighted by Crippen LogP contribution is 2.20. The topological polar surface area (TPSA) is 72.2 Å². The van der Waals surface area contributed by atoms with Crippen LogP contribution in [0.4, 0.5) is 0 Å². The second kappa shape index (κ2) is 5.35. The van der Waals surface area contributed by atoms with Crippen molar-refractivity contribution >= 4 is 11.8 Å². The summed E-state index contributed by atoms with van der Waals surface area (Å²) in [5, 5.41) is 2.56. The van der Waals surface area contributed by atoms with Gasteiger partial charge in [-0.2, -0.15) is 0 Å². The van der Waals surface area contributed by atoms with Gasteiger partial charge < -0.3 is 11.1 Å². The number of carbonyl (C=O) groups excluding carboxylic acids is 2. The fourth-order valence-electron chi connectivity index (χ4n) is 1.81. The van der Waals surface area contributed by atoms with Crippen molar-refractivity contribution in [3.8, 4) is 11.1 Å². The number of benzene rings is 2. The predicted octanol–water partition coefficient (Wildman–Crippen LogP) is 1.81. The summed E-state index contributed by atoms with van der Waals surface area (Å²) in [6.07, 6.45) is 0. The number of nitrogens with one attached hydrogen (secondary N) is 1. The van der Waals surface area contributed by atoms with Gasteiger partial charge in [-0.3, -0.25) is 9.59 Å². The van der Waals surface area contributed by atoms with Crippen molar-refractivity contribution in [2.24, 2.45) is 5.73 Å². The summed E-state index contributed by atoms with van der Waals surface area (Å²) >= 11 is 0. The highest BCUT2D eigenvalue weighted by molar-refractivity contribution is 5.95. The summed E-state index contributed by atoms with van der Waals surface area (Å²) in [5.74, 6) is -0.582. The number of primary amides is 1. The molecule has 4 heteroatoms. The summed E-state index contributed by atoms with van der Waals surface area (Å²) in [5.41, 5.74) is 8.13. The van der Waals surface area contributed by atoms with Crippen LogP contribution in [0, 0.1) is 0 Å². The van der Waals surface area contributed by atoms with E-state index in [1.165, 1.54) is 0 Å². The Hall–Kier alpha value is -2.62. The van der Waals surface area contributed by atoms with E-state index in [9.17, 15) is 9.59 Å². The number of carbonyl (C=O) groups is 2. The molecule has 0 saturated carbocycles. The van der Waals surface area contributed by atoms with Gasteiger partial charge in [-0.15, -0.1) is 0 Å². The van der Waals surface area contributed by atoms with Crippen LogP contribution in [-0.2, 0) is 0 Å². The molecule has 0 aliphatic rings. The number of hydrogen-bond donors (Lipinski definition) is 2. The molecule has 0 saturated heterocycles. The normalized spacial score (nSPS) is 9.95. The van der Waals surface area contributed by atoms with E-state index >= 15 is 0 Å². The van der Waals surface area contributed by atoms with E-state index in [1.807, 2.05) is 18.2 Å². The van der Waals surface area contributed by atoms with Crippen molar-refractivity contribution in [1.82, 2.24) is 5.32 Å². The molecule has 2 aromatic rings. The maximum atomic E-state index is 11.4. The lowest BCUT2D eigenvalue weighted by Gasteiger charge is -2.05. The van der Waals surface area contributed by atoms with Crippen molar-refractivity contribution in [3.63, 3.8) is 0 Å². The molecule has 4 nitrogen and oxygen atoms in total. The van der Waals surface area contributed by atoms with Crippen LogP contribution < -0.4 is 11.1 Å². The minimum absolute atomic E-state index is 0.127. The molecule has 96 valence electrons. The number of nitrogens with two attached hydrogens (primary N) is 1. The Bertz CT molecular complexity index is 618. The molecule has 0 spiro atoms. The van der Waals surface area contributed by atoms with Crippen molar-refractivity contribution in [3.05, 3.63) is 59.7 Å². The summed E-state index contributed by atoms with van der Waals surface area (Å²) in [6, 6.07) is 14.2. The van der Waals surface area contributed by atoms with E-state index in [1.54, 1.807) is 37.4 Å². The monoisotopic (exact) mass is 254 g/mol. The smallest absolute Gasteiger partial charge is 0.251 e. The van der Waals surface area contributed by atoms with Gasteiger partial charge in [0.15, 0.2) is 0 Å². The molecule has 3 N–H and O–H groups in total. The Kier molecular flexibility index (Phi) is 3.61. The zero-order valence-electron chi connectivity index (χ0n) is 10.5. The lowest BCUT2D eigenvalue weighted by Crippen LogP contribution is -2.17. The van der Waals surface area contributed by atoms with E-state index < -0.39 is 5.91 Å². The zero-order chi connectivity index (χ0) is 13.8. The molecule has 2 aromatic carbocycles. The molecule has 0 aliphatic heterocycles. The summed E-state index contributed by atoms with van der Waals surface area (Å²) in [6.45, 7) is 0. The molecule has 2 amide bonds. The Morgan fingerprint density at radius 2 is 1.63 bits per heavy atom. The van der Waals surface area contributed by atoms with E-state index in [2.05, 4.69) is 5.32 Å². The molecular weight excluding hydrogens is 240 g/mol. The van der Waals surface area contributed by atoms with Gasteiger partial charge in [-0.05, 0) is 35.4 Å². The SMILES string of the molecule is CNC(=O)c1ccc(-c2cccc(C(N)=O)c2)cc1. The first-order valence-corrected chi connectivity index (χ1v) is 5.84. The lowest BCUT2D eigenvalue weighted by atomic mass is 10.0. The van der Waals surface area contributed by atoms with Crippen molar-refractivity contribution in [1.29, 1.82) is 0 Å². The van der Waals surface area contributed by atoms with Crippen LogP contribution in [0.3, 0.4) is 0 Å². The quantitative estimate of drug-likeness (QED) is 0.876. The van der Waals surface area contributed by atoms with Crippen LogP contribution in [0.1, 0.15) is 20.7 Å². The van der Waals surface area contributed by atoms with Gasteiger partial charge >= 0.3 is 0 Å². The second-order valence-corrected chi connectivity index (χ2v) is 4.10. The Morgan fingerprint density at radius 3 is 2.21 bits per heavy atom. The largest absolute Gasteiger partial charge is 0.366 e. The van der Waals surface area contributed by atoms with Crippen LogP contribution in [0.25, 0.3) is 11.1 Å². The van der Waals surface area contributed by atoms with Gasteiger partial charge in [0.25, 0.3) is 5.91 Å². The third-order valence-corrected chi connectivity index (χ3v) is 2.85. The summed E-state index contributed by atoms with van der Waals surface area (Å²) < 4.78 is 0. The highest BCUT2D eigenvalue weighted by atomic mass is 16.1. The van der Waals surface area contributed by atoms with Gasteiger partial charge in [0.2, 0.25) is 5.91 Å². The number of hydrogen-bond acceptors (Lipinski definition) is 2. The molecular formula is C15H14N2O2. The van der Waals surface area contributed by atoms with Crippen molar-refractivity contribution in [2.45, 2.75) is 0 Å². The standard InChI is InChI=1S/C15H14N2O2/c1-17-15(19)11-7-5-10(6-8-11)12-3-2-4-13(9-12)14(16)18/h2-9H,1H3,(H2,16,18)(H,17,19). The third kappa shape index (κ3) is 2.80. The molecule has 0 aliphatic carbocycles. The molecule has 2 rings (SSSR count). The van der Waals surface area contributed by atoms with Crippen LogP contribution >= 0.6 is 0 Å². The summed E-state index contributed by atoms with van der Waals surface area (Å²) in [4.78, 5) is 22.6. The van der Waals surface area contributed by atoms with Crippen molar-refractivity contribution < 1.29 is 9.59 Å². The Balaban J connectivity index is 2.34. The summed E-state index contributed by atoms with van der Waals surface area (Å²) in [7, 11) is 1.59. The number of rotatable bonds is 3. The van der Waals surface area contributed by atoms with E-state index in [0.717, 1.165) is 11.1 Å². The highest BCUT2D eigenvalue weighted by Gasteiger charge is 2.05. The third-order valence-electron chi connectivity index (χ3n) is 2.85. The van der Waals surface area contributed by atoms with Gasteiger partial charge in [-0.1, -0.05) is 24.3 Å². The van der Waals surface area contributed by atoms with Gasteiger partial charge in [0.1, 0.15) is 0 Å². The van der Waals surface area contributed by atoms with Gasteiger partial charge in [-0.25, -0.2) is 0 Å². The lowest BCUT2D eigenvalue weighted by molar-refractivity contribution is 0.0961.